The van der Waals surface area contributed by atoms with Crippen LogP contribution in [0.4, 0.5) is 0 Å². The Labute approximate surface area is 124 Å². The summed E-state index contributed by atoms with van der Waals surface area (Å²) in [4.78, 5) is 27.3. The average Bonchev–Trinajstić information content (AvgIpc) is 2.86. The third-order valence-electron chi connectivity index (χ3n) is 4.31. The highest BCUT2D eigenvalue weighted by atomic mass is 16.4. The van der Waals surface area contributed by atoms with Crippen molar-refractivity contribution in [1.29, 1.82) is 0 Å². The summed E-state index contributed by atoms with van der Waals surface area (Å²) in [5.74, 6) is -0.880. The minimum absolute atomic E-state index is 0.0672. The van der Waals surface area contributed by atoms with E-state index in [1.165, 1.54) is 0 Å². The van der Waals surface area contributed by atoms with Crippen molar-refractivity contribution in [3.05, 3.63) is 30.1 Å². The standard InChI is InChI=1S/C16H22N2O3/c1-12(13-4-8-17-9-5-13)18-14(19)10-16(11-15(20)21)6-2-3-7-16/h4-5,8-9,12H,2-3,6-7,10-11H2,1H3,(H,18,19)(H,20,21)/t12-/m1/s1. The molecule has 0 spiro atoms. The zero-order chi connectivity index (χ0) is 15.3. The lowest BCUT2D eigenvalue weighted by atomic mass is 9.79. The first-order valence-electron chi connectivity index (χ1n) is 7.42. The highest BCUT2D eigenvalue weighted by molar-refractivity contribution is 5.78. The second-order valence-corrected chi connectivity index (χ2v) is 6.02. The zero-order valence-corrected chi connectivity index (χ0v) is 12.3. The van der Waals surface area contributed by atoms with E-state index in [1.54, 1.807) is 12.4 Å². The van der Waals surface area contributed by atoms with Crippen LogP contribution in [-0.2, 0) is 9.59 Å². The molecule has 5 nitrogen and oxygen atoms in total. The zero-order valence-electron chi connectivity index (χ0n) is 12.3. The Kier molecular flexibility index (Phi) is 4.94. The second kappa shape index (κ2) is 6.70. The van der Waals surface area contributed by atoms with Gasteiger partial charge in [-0.25, -0.2) is 0 Å². The van der Waals surface area contributed by atoms with Gasteiger partial charge in [-0.3, -0.25) is 14.6 Å². The van der Waals surface area contributed by atoms with Gasteiger partial charge in [-0.2, -0.15) is 0 Å². The first-order chi connectivity index (χ1) is 10.0. The molecule has 1 fully saturated rings. The van der Waals surface area contributed by atoms with Gasteiger partial charge in [0.15, 0.2) is 0 Å². The smallest absolute Gasteiger partial charge is 0.303 e. The van der Waals surface area contributed by atoms with Gasteiger partial charge in [0.25, 0.3) is 0 Å². The van der Waals surface area contributed by atoms with Gasteiger partial charge in [-0.1, -0.05) is 12.8 Å². The van der Waals surface area contributed by atoms with E-state index in [-0.39, 0.29) is 23.8 Å². The third kappa shape index (κ3) is 4.28. The lowest BCUT2D eigenvalue weighted by molar-refractivity contribution is -0.140. The summed E-state index contributed by atoms with van der Waals surface area (Å²) in [5.41, 5.74) is 0.644. The number of nitrogens with zero attached hydrogens (tertiary/aromatic N) is 1. The molecule has 1 saturated carbocycles. The van der Waals surface area contributed by atoms with Crippen LogP contribution >= 0.6 is 0 Å². The average molecular weight is 290 g/mol. The van der Waals surface area contributed by atoms with Crippen LogP contribution in [0, 0.1) is 5.41 Å². The fourth-order valence-corrected chi connectivity index (χ4v) is 3.23. The lowest BCUT2D eigenvalue weighted by Crippen LogP contribution is -2.33. The highest BCUT2D eigenvalue weighted by Gasteiger charge is 2.38. The maximum atomic E-state index is 12.2. The number of carboxylic acid groups (broad SMARTS) is 1. The summed E-state index contributed by atoms with van der Waals surface area (Å²) in [5, 5.41) is 12.0. The SMILES string of the molecule is C[C@@H](NC(=O)CC1(CC(=O)O)CCCC1)c1ccncc1. The van der Waals surface area contributed by atoms with Crippen LogP contribution in [0.3, 0.4) is 0 Å². The van der Waals surface area contributed by atoms with Gasteiger partial charge in [0.05, 0.1) is 12.5 Å². The molecule has 0 saturated heterocycles. The van der Waals surface area contributed by atoms with Crippen molar-refractivity contribution in [3.63, 3.8) is 0 Å². The molecular weight excluding hydrogens is 268 g/mol. The van der Waals surface area contributed by atoms with Crippen LogP contribution in [0.1, 0.15) is 57.1 Å². The summed E-state index contributed by atoms with van der Waals surface area (Å²) in [7, 11) is 0. The first kappa shape index (κ1) is 15.5. The summed E-state index contributed by atoms with van der Waals surface area (Å²) >= 11 is 0. The molecule has 114 valence electrons. The van der Waals surface area contributed by atoms with Crippen molar-refractivity contribution in [1.82, 2.24) is 10.3 Å². The van der Waals surface area contributed by atoms with Crippen LogP contribution in [-0.4, -0.2) is 22.0 Å². The molecule has 1 aliphatic carbocycles. The predicted octanol–water partition coefficient (Wildman–Crippen LogP) is 2.68. The van der Waals surface area contributed by atoms with Gasteiger partial charge in [-0.15, -0.1) is 0 Å². The van der Waals surface area contributed by atoms with Crippen LogP contribution in [0.15, 0.2) is 24.5 Å². The van der Waals surface area contributed by atoms with E-state index in [4.69, 9.17) is 5.11 Å². The van der Waals surface area contributed by atoms with Gasteiger partial charge < -0.3 is 10.4 Å². The minimum atomic E-state index is -0.813. The molecule has 1 heterocycles. The number of hydrogen-bond acceptors (Lipinski definition) is 3. The summed E-state index contributed by atoms with van der Waals surface area (Å²) in [6, 6.07) is 3.64. The molecule has 1 aromatic heterocycles. The number of rotatable bonds is 6. The van der Waals surface area contributed by atoms with E-state index in [1.807, 2.05) is 19.1 Å². The van der Waals surface area contributed by atoms with Gasteiger partial charge in [0.2, 0.25) is 5.91 Å². The van der Waals surface area contributed by atoms with Gasteiger partial charge in [0, 0.05) is 18.8 Å². The molecule has 2 N–H and O–H groups in total. The molecule has 1 amide bonds. The maximum Gasteiger partial charge on any atom is 0.303 e. The van der Waals surface area contributed by atoms with Crippen molar-refractivity contribution in [2.24, 2.45) is 5.41 Å². The molecule has 2 rings (SSSR count). The normalized spacial score (nSPS) is 18.1. The van der Waals surface area contributed by atoms with Crippen molar-refractivity contribution in [3.8, 4) is 0 Å². The number of hydrogen-bond donors (Lipinski definition) is 2. The molecule has 0 bridgehead atoms. The van der Waals surface area contributed by atoms with Crippen molar-refractivity contribution < 1.29 is 14.7 Å². The van der Waals surface area contributed by atoms with Crippen molar-refractivity contribution in [2.75, 3.05) is 0 Å². The van der Waals surface area contributed by atoms with Gasteiger partial charge >= 0.3 is 5.97 Å². The van der Waals surface area contributed by atoms with Crippen LogP contribution in [0.5, 0.6) is 0 Å². The Morgan fingerprint density at radius 3 is 2.48 bits per heavy atom. The largest absolute Gasteiger partial charge is 0.481 e. The molecule has 1 atom stereocenters. The lowest BCUT2D eigenvalue weighted by Gasteiger charge is -2.27. The van der Waals surface area contributed by atoms with Crippen molar-refractivity contribution >= 4 is 11.9 Å². The Hall–Kier alpha value is -1.91. The van der Waals surface area contributed by atoms with E-state index in [0.29, 0.717) is 6.42 Å². The number of carboxylic acids is 1. The number of nitrogens with one attached hydrogen (secondary N) is 1. The van der Waals surface area contributed by atoms with Gasteiger partial charge in [0.1, 0.15) is 0 Å². The fraction of sp³-hybridized carbons (Fsp3) is 0.562. The summed E-state index contributed by atoms with van der Waals surface area (Å²) in [6.07, 6.45) is 7.47. The van der Waals surface area contributed by atoms with E-state index in [9.17, 15) is 9.59 Å². The van der Waals surface area contributed by atoms with Crippen LogP contribution in [0.2, 0.25) is 0 Å². The minimum Gasteiger partial charge on any atom is -0.481 e. The fourth-order valence-electron chi connectivity index (χ4n) is 3.23. The number of pyridine rings is 1. The molecule has 5 heteroatoms. The molecule has 0 unspecified atom stereocenters. The Morgan fingerprint density at radius 2 is 1.90 bits per heavy atom. The van der Waals surface area contributed by atoms with Gasteiger partial charge in [-0.05, 0) is 42.9 Å². The first-order valence-corrected chi connectivity index (χ1v) is 7.42. The molecule has 0 aromatic carbocycles. The topological polar surface area (TPSA) is 79.3 Å². The van der Waals surface area contributed by atoms with E-state index >= 15 is 0 Å². The Morgan fingerprint density at radius 1 is 1.29 bits per heavy atom. The predicted molar refractivity (Wildman–Crippen MR) is 78.6 cm³/mol. The molecule has 0 radical (unpaired) electrons. The number of carbonyl (C=O) groups is 2. The second-order valence-electron chi connectivity index (χ2n) is 6.02. The van der Waals surface area contributed by atoms with Crippen LogP contribution < -0.4 is 5.32 Å². The molecule has 21 heavy (non-hydrogen) atoms. The maximum absolute atomic E-state index is 12.2. The summed E-state index contributed by atoms with van der Waals surface area (Å²) in [6.45, 7) is 1.92. The Balaban J connectivity index is 1.95. The molecule has 1 aromatic rings. The van der Waals surface area contributed by atoms with E-state index < -0.39 is 5.97 Å². The van der Waals surface area contributed by atoms with Crippen molar-refractivity contribution in [2.45, 2.75) is 51.5 Å². The van der Waals surface area contributed by atoms with E-state index in [2.05, 4.69) is 10.3 Å². The quantitative estimate of drug-likeness (QED) is 0.844. The Bertz CT molecular complexity index is 496. The summed E-state index contributed by atoms with van der Waals surface area (Å²) < 4.78 is 0. The number of amides is 1. The molecule has 0 aliphatic heterocycles. The molecular formula is C16H22N2O3. The highest BCUT2D eigenvalue weighted by Crippen LogP contribution is 2.44. The number of carbonyl (C=O) groups excluding carboxylic acids is 1. The monoisotopic (exact) mass is 290 g/mol. The van der Waals surface area contributed by atoms with E-state index in [0.717, 1.165) is 31.2 Å². The number of aromatic nitrogens is 1. The van der Waals surface area contributed by atoms with Crippen LogP contribution in [0.25, 0.3) is 0 Å². The third-order valence-corrected chi connectivity index (χ3v) is 4.31. The number of aliphatic carboxylic acids is 1. The molecule has 1 aliphatic rings.